The number of phenols is 1. The summed E-state index contributed by atoms with van der Waals surface area (Å²) in [5, 5.41) is 51.0. The number of aromatic nitrogens is 1. The lowest BCUT2D eigenvalue weighted by Gasteiger charge is -2.30. The van der Waals surface area contributed by atoms with Crippen molar-refractivity contribution >= 4 is 45.9 Å². The van der Waals surface area contributed by atoms with E-state index in [0.717, 1.165) is 103 Å². The first-order chi connectivity index (χ1) is 28.9. The van der Waals surface area contributed by atoms with Crippen molar-refractivity contribution in [3.63, 3.8) is 0 Å². The molecule has 0 unspecified atom stereocenters. The first kappa shape index (κ1) is 41.5. The molecule has 4 aromatic rings. The number of benzene rings is 3. The number of nitrogens with zero attached hydrogens (tertiary/aromatic N) is 6. The zero-order valence-corrected chi connectivity index (χ0v) is 35.3. The van der Waals surface area contributed by atoms with Crippen molar-refractivity contribution in [2.45, 2.75) is 105 Å². The second-order valence-electron chi connectivity index (χ2n) is 18.2. The maximum absolute atomic E-state index is 10.3. The number of aromatic hydroxyl groups is 1. The van der Waals surface area contributed by atoms with Crippen molar-refractivity contribution in [2.75, 3.05) is 0 Å². The van der Waals surface area contributed by atoms with Crippen molar-refractivity contribution in [1.82, 2.24) is 4.57 Å². The fourth-order valence-corrected chi connectivity index (χ4v) is 9.41. The quantitative estimate of drug-likeness (QED) is 0.119. The Morgan fingerprint density at radius 3 is 1.75 bits per heavy atom. The predicted octanol–water partition coefficient (Wildman–Crippen LogP) is 13.2. The molecule has 0 spiro atoms. The van der Waals surface area contributed by atoms with E-state index >= 15 is 0 Å². The van der Waals surface area contributed by atoms with Crippen LogP contribution in [0.2, 0.25) is 0 Å². The van der Waals surface area contributed by atoms with Gasteiger partial charge in [-0.3, -0.25) is 4.99 Å². The van der Waals surface area contributed by atoms with Crippen LogP contribution >= 0.6 is 0 Å². The Bertz CT molecular complexity index is 2590. The van der Waals surface area contributed by atoms with Crippen molar-refractivity contribution in [1.29, 1.82) is 21.0 Å². The van der Waals surface area contributed by atoms with Gasteiger partial charge in [-0.15, -0.1) is 0 Å². The van der Waals surface area contributed by atoms with Gasteiger partial charge in [-0.25, -0.2) is 0 Å². The molecule has 0 radical (unpaired) electrons. The van der Waals surface area contributed by atoms with Crippen LogP contribution in [0.5, 0.6) is 5.75 Å². The summed E-state index contributed by atoms with van der Waals surface area (Å²) in [4.78, 5) is 4.47. The molecule has 60 heavy (non-hydrogen) atoms. The standard InChI is InChI=1S/C53H52N6O/c1-52(2)28-38(24-41(30-52)43(32-54)33-55)14-12-36-16-19-48-46(26-36)47-27-37(13-15-39-25-42(44(34-56)35-57)31-53(3,4)29-39)17-20-49(47)59(48)23-8-6-5-7-10-40-18-21-50(60)51-45(40)11-9-22-58-51/h12-22,24-27,60H,5-11,23,28-31H2,1-4H3/b14-12+,15-13+. The summed E-state index contributed by atoms with van der Waals surface area (Å²) in [5.41, 5.74) is 11.9. The molecule has 300 valence electrons. The van der Waals surface area contributed by atoms with Crippen LogP contribution in [0.1, 0.15) is 108 Å². The highest BCUT2D eigenvalue weighted by Crippen LogP contribution is 2.42. The number of hydrogen-bond donors (Lipinski definition) is 1. The van der Waals surface area contributed by atoms with Crippen LogP contribution < -0.4 is 0 Å². The zero-order chi connectivity index (χ0) is 42.4. The fraction of sp³-hybridized carbons (Fsp3) is 0.340. The minimum Gasteiger partial charge on any atom is -0.506 e. The van der Waals surface area contributed by atoms with E-state index in [1.54, 1.807) is 6.07 Å². The highest BCUT2D eigenvalue weighted by molar-refractivity contribution is 6.09. The molecule has 2 heterocycles. The Morgan fingerprint density at radius 1 is 0.683 bits per heavy atom. The third kappa shape index (κ3) is 9.29. The molecular weight excluding hydrogens is 737 g/mol. The average Bonchev–Trinajstić information content (AvgIpc) is 3.53. The molecule has 1 N–H and O–H groups in total. The maximum Gasteiger partial charge on any atom is 0.141 e. The molecule has 1 aliphatic heterocycles. The largest absolute Gasteiger partial charge is 0.506 e. The van der Waals surface area contributed by atoms with Crippen molar-refractivity contribution in [2.24, 2.45) is 15.8 Å². The Labute approximate surface area is 354 Å². The van der Waals surface area contributed by atoms with Gasteiger partial charge in [0.05, 0.1) is 0 Å². The number of allylic oxidation sites excluding steroid dienone is 10. The second kappa shape index (κ2) is 17.7. The molecule has 0 saturated carbocycles. The topological polar surface area (TPSA) is 133 Å². The summed E-state index contributed by atoms with van der Waals surface area (Å²) >= 11 is 0. The lowest BCUT2D eigenvalue weighted by atomic mass is 9.74. The number of rotatable bonds is 11. The van der Waals surface area contributed by atoms with Crippen LogP contribution in [0.3, 0.4) is 0 Å². The Kier molecular flexibility index (Phi) is 12.2. The molecule has 0 saturated heterocycles. The predicted molar refractivity (Wildman–Crippen MR) is 243 cm³/mol. The van der Waals surface area contributed by atoms with Gasteiger partial charge in [-0.05, 0) is 143 Å². The van der Waals surface area contributed by atoms with Gasteiger partial charge in [0.1, 0.15) is 46.9 Å². The first-order valence-corrected chi connectivity index (χ1v) is 21.2. The molecule has 7 rings (SSSR count). The summed E-state index contributed by atoms with van der Waals surface area (Å²) in [6, 6.07) is 25.6. The molecule has 2 aliphatic carbocycles. The lowest BCUT2D eigenvalue weighted by molar-refractivity contribution is 0.354. The molecule has 3 aromatic carbocycles. The van der Waals surface area contributed by atoms with Gasteiger partial charge < -0.3 is 9.67 Å². The van der Waals surface area contributed by atoms with E-state index in [1.807, 2.05) is 18.4 Å². The molecule has 1 aromatic heterocycles. The Morgan fingerprint density at radius 2 is 1.22 bits per heavy atom. The van der Waals surface area contributed by atoms with E-state index < -0.39 is 0 Å². The normalized spacial score (nSPS) is 16.9. The smallest absolute Gasteiger partial charge is 0.141 e. The number of fused-ring (bicyclic) bond motifs is 4. The number of phenolic OH excluding ortho intramolecular Hbond substituents is 1. The van der Waals surface area contributed by atoms with Gasteiger partial charge >= 0.3 is 0 Å². The lowest BCUT2D eigenvalue weighted by Crippen LogP contribution is -2.17. The molecule has 0 amide bonds. The number of unbranched alkanes of at least 4 members (excludes halogenated alkanes) is 3. The fourth-order valence-electron chi connectivity index (χ4n) is 9.41. The highest BCUT2D eigenvalue weighted by Gasteiger charge is 2.28. The number of aliphatic imine (C=N–C) groups is 1. The summed E-state index contributed by atoms with van der Waals surface area (Å²) < 4.78 is 2.46. The average molecular weight is 789 g/mol. The monoisotopic (exact) mass is 788 g/mol. The minimum absolute atomic E-state index is 0.0565. The number of hydrogen-bond acceptors (Lipinski definition) is 6. The molecule has 0 bridgehead atoms. The van der Waals surface area contributed by atoms with Gasteiger partial charge in [0.15, 0.2) is 0 Å². The van der Waals surface area contributed by atoms with Gasteiger partial charge in [0, 0.05) is 34.6 Å². The van der Waals surface area contributed by atoms with E-state index in [9.17, 15) is 26.2 Å². The summed E-state index contributed by atoms with van der Waals surface area (Å²) in [7, 11) is 0. The van der Waals surface area contributed by atoms with Gasteiger partial charge in [-0.1, -0.05) is 95.2 Å². The molecule has 7 nitrogen and oxygen atoms in total. The summed E-state index contributed by atoms with van der Waals surface area (Å²) in [6.45, 7) is 9.63. The number of aryl methyl sites for hydroxylation is 2. The van der Waals surface area contributed by atoms with E-state index in [0.29, 0.717) is 12.8 Å². The Balaban J connectivity index is 1.16. The zero-order valence-electron chi connectivity index (χ0n) is 35.3. The van der Waals surface area contributed by atoms with Gasteiger partial charge in [0.25, 0.3) is 0 Å². The van der Waals surface area contributed by atoms with Crippen LogP contribution in [0.4, 0.5) is 5.69 Å². The van der Waals surface area contributed by atoms with E-state index in [1.165, 1.54) is 32.9 Å². The second-order valence-corrected chi connectivity index (χ2v) is 18.2. The molecule has 7 heteroatoms. The SMILES string of the molecule is CC1(C)CC(/C=C/c2ccc3c(c2)c2cc(/C=C/C4=CC(=C(C#N)C#N)CC(C)(C)C4)ccc2n3CCCCCCc2ccc(O)c3c2CCC=N3)=CC(=C(C#N)C#N)C1. The van der Waals surface area contributed by atoms with Crippen LogP contribution in [0.25, 0.3) is 34.0 Å². The summed E-state index contributed by atoms with van der Waals surface area (Å²) in [5.74, 6) is 0.273. The van der Waals surface area contributed by atoms with Gasteiger partial charge in [-0.2, -0.15) is 21.0 Å². The third-order valence-corrected chi connectivity index (χ3v) is 12.1. The van der Waals surface area contributed by atoms with Crippen molar-refractivity contribution < 1.29 is 5.11 Å². The Hall–Kier alpha value is -6.67. The van der Waals surface area contributed by atoms with Crippen LogP contribution in [0.15, 0.2) is 111 Å². The van der Waals surface area contributed by atoms with Crippen LogP contribution in [-0.4, -0.2) is 15.9 Å². The van der Waals surface area contributed by atoms with E-state index in [4.69, 9.17) is 0 Å². The van der Waals surface area contributed by atoms with Crippen LogP contribution in [0, 0.1) is 56.2 Å². The van der Waals surface area contributed by atoms with Gasteiger partial charge in [0.2, 0.25) is 0 Å². The summed E-state index contributed by atoms with van der Waals surface area (Å²) in [6.07, 6.45) is 24.9. The molecular formula is C53H52N6O. The van der Waals surface area contributed by atoms with Crippen molar-refractivity contribution in [3.8, 4) is 30.0 Å². The highest BCUT2D eigenvalue weighted by atomic mass is 16.3. The maximum atomic E-state index is 10.3. The third-order valence-electron chi connectivity index (χ3n) is 12.1. The first-order valence-electron chi connectivity index (χ1n) is 21.2. The van der Waals surface area contributed by atoms with E-state index in [2.05, 4.69) is 128 Å². The van der Waals surface area contributed by atoms with Crippen LogP contribution in [-0.2, 0) is 19.4 Å². The molecule has 3 aliphatic rings. The molecule has 0 atom stereocenters. The minimum atomic E-state index is -0.0565. The molecule has 0 fully saturated rings. The number of nitriles is 4. The van der Waals surface area contributed by atoms with Crippen molar-refractivity contribution in [3.05, 3.63) is 129 Å². The van der Waals surface area contributed by atoms with E-state index in [-0.39, 0.29) is 27.7 Å².